The number of rotatable bonds is 1. The molecule has 4 nitrogen and oxygen atoms in total. The molecule has 1 aromatic carbocycles. The van der Waals surface area contributed by atoms with Crippen molar-refractivity contribution in [2.24, 2.45) is 0 Å². The number of nitrogens with one attached hydrogen (secondary N) is 1. The van der Waals surface area contributed by atoms with Gasteiger partial charge in [0.1, 0.15) is 5.60 Å². The van der Waals surface area contributed by atoms with Gasteiger partial charge in [-0.1, -0.05) is 6.07 Å². The number of hydrogen-bond donors (Lipinski definition) is 1. The van der Waals surface area contributed by atoms with Crippen molar-refractivity contribution < 1.29 is 9.53 Å². The zero-order valence-corrected chi connectivity index (χ0v) is 11.5. The lowest BCUT2D eigenvalue weighted by molar-refractivity contribution is 0.0366. The summed E-state index contributed by atoms with van der Waals surface area (Å²) < 4.78 is 5.65. The first-order chi connectivity index (χ1) is 9.10. The third-order valence-electron chi connectivity index (χ3n) is 4.21. The summed E-state index contributed by atoms with van der Waals surface area (Å²) in [6.45, 7) is 6.58. The largest absolute Gasteiger partial charge is 0.439 e. The van der Waals surface area contributed by atoms with Gasteiger partial charge in [0, 0.05) is 12.2 Å². The molecule has 4 heteroatoms. The number of hydrogen-bond acceptors (Lipinski definition) is 3. The molecule has 1 aromatic rings. The van der Waals surface area contributed by atoms with E-state index in [0.29, 0.717) is 6.54 Å². The van der Waals surface area contributed by atoms with Crippen LogP contribution in [0.5, 0.6) is 0 Å². The Bertz CT molecular complexity index is 507. The number of anilines is 1. The Balaban J connectivity index is 1.85. The molecule has 2 heterocycles. The summed E-state index contributed by atoms with van der Waals surface area (Å²) in [4.78, 5) is 13.9. The van der Waals surface area contributed by atoms with Crippen molar-refractivity contribution in [2.45, 2.75) is 32.3 Å². The summed E-state index contributed by atoms with van der Waals surface area (Å²) in [5, 5.41) is 3.33. The average molecular weight is 260 g/mol. The summed E-state index contributed by atoms with van der Waals surface area (Å²) >= 11 is 0. The summed E-state index contributed by atoms with van der Waals surface area (Å²) in [5.74, 6) is 0. The van der Waals surface area contributed by atoms with Crippen molar-refractivity contribution >= 4 is 11.8 Å². The third kappa shape index (κ3) is 2.21. The topological polar surface area (TPSA) is 41.6 Å². The molecule has 0 aromatic heterocycles. The van der Waals surface area contributed by atoms with Crippen LogP contribution in [0, 0.1) is 13.8 Å². The monoisotopic (exact) mass is 260 g/mol. The third-order valence-corrected chi connectivity index (χ3v) is 4.21. The quantitative estimate of drug-likeness (QED) is 0.843. The minimum absolute atomic E-state index is 0.216. The summed E-state index contributed by atoms with van der Waals surface area (Å²) in [7, 11) is 0. The molecule has 0 bridgehead atoms. The van der Waals surface area contributed by atoms with Gasteiger partial charge in [-0.05, 0) is 56.5 Å². The smallest absolute Gasteiger partial charge is 0.415 e. The van der Waals surface area contributed by atoms with E-state index >= 15 is 0 Å². The van der Waals surface area contributed by atoms with Gasteiger partial charge in [-0.2, -0.15) is 0 Å². The van der Waals surface area contributed by atoms with E-state index in [1.165, 1.54) is 11.1 Å². The summed E-state index contributed by atoms with van der Waals surface area (Å²) in [6, 6.07) is 6.12. The summed E-state index contributed by atoms with van der Waals surface area (Å²) in [6.07, 6.45) is 1.80. The average Bonchev–Trinajstić information content (AvgIpc) is 2.70. The fourth-order valence-corrected chi connectivity index (χ4v) is 2.88. The van der Waals surface area contributed by atoms with Gasteiger partial charge in [-0.25, -0.2) is 4.79 Å². The molecule has 2 fully saturated rings. The molecule has 1 atom stereocenters. The van der Waals surface area contributed by atoms with Crippen LogP contribution in [-0.4, -0.2) is 31.3 Å². The molecule has 0 aliphatic carbocycles. The van der Waals surface area contributed by atoms with Crippen LogP contribution >= 0.6 is 0 Å². The maximum Gasteiger partial charge on any atom is 0.415 e. The fraction of sp³-hybridized carbons (Fsp3) is 0.533. The van der Waals surface area contributed by atoms with Gasteiger partial charge in [-0.15, -0.1) is 0 Å². The molecule has 2 aliphatic rings. The number of nitrogens with zero attached hydrogens (tertiary/aromatic N) is 1. The molecule has 2 saturated heterocycles. The second-order valence-electron chi connectivity index (χ2n) is 5.69. The Hall–Kier alpha value is -1.55. The number of carbonyl (C=O) groups is 1. The van der Waals surface area contributed by atoms with Crippen LogP contribution in [-0.2, 0) is 4.74 Å². The van der Waals surface area contributed by atoms with Gasteiger partial charge in [0.15, 0.2) is 0 Å². The maximum atomic E-state index is 12.1. The van der Waals surface area contributed by atoms with Crippen LogP contribution in [0.1, 0.15) is 24.0 Å². The van der Waals surface area contributed by atoms with E-state index in [2.05, 4.69) is 31.3 Å². The van der Waals surface area contributed by atoms with E-state index in [0.717, 1.165) is 31.6 Å². The first-order valence-corrected chi connectivity index (χ1v) is 6.88. The van der Waals surface area contributed by atoms with E-state index in [-0.39, 0.29) is 11.7 Å². The van der Waals surface area contributed by atoms with Gasteiger partial charge < -0.3 is 10.1 Å². The Morgan fingerprint density at radius 1 is 1.32 bits per heavy atom. The van der Waals surface area contributed by atoms with Crippen LogP contribution in [0.3, 0.4) is 0 Å². The second kappa shape index (κ2) is 4.53. The minimum atomic E-state index is -0.325. The highest BCUT2D eigenvalue weighted by atomic mass is 16.6. The standard InChI is InChI=1S/C15H20N2O2/c1-11-4-5-13(8-12(11)2)17-10-15(19-14(17)18)6-3-7-16-9-15/h4-5,8,16H,3,6-7,9-10H2,1-2H3. The molecule has 102 valence electrons. The lowest BCUT2D eigenvalue weighted by atomic mass is 9.94. The van der Waals surface area contributed by atoms with Gasteiger partial charge in [0.25, 0.3) is 0 Å². The molecule has 3 rings (SSSR count). The van der Waals surface area contributed by atoms with Gasteiger partial charge in [0.05, 0.1) is 6.54 Å². The van der Waals surface area contributed by atoms with E-state index < -0.39 is 0 Å². The Labute approximate surface area is 113 Å². The molecule has 2 aliphatic heterocycles. The van der Waals surface area contributed by atoms with E-state index in [1.54, 1.807) is 4.90 Å². The van der Waals surface area contributed by atoms with Crippen LogP contribution < -0.4 is 10.2 Å². The molecule has 1 unspecified atom stereocenters. The number of ether oxygens (including phenoxy) is 1. The highest BCUT2D eigenvalue weighted by Gasteiger charge is 2.46. The number of carbonyl (C=O) groups excluding carboxylic acids is 1. The number of benzene rings is 1. The molecule has 0 radical (unpaired) electrons. The Morgan fingerprint density at radius 2 is 2.16 bits per heavy atom. The fourth-order valence-electron chi connectivity index (χ4n) is 2.88. The first kappa shape index (κ1) is 12.5. The normalized spacial score (nSPS) is 26.8. The van der Waals surface area contributed by atoms with Crippen molar-refractivity contribution in [2.75, 3.05) is 24.5 Å². The van der Waals surface area contributed by atoms with Crippen molar-refractivity contribution in [1.29, 1.82) is 0 Å². The predicted molar refractivity (Wildman–Crippen MR) is 74.6 cm³/mol. The zero-order valence-electron chi connectivity index (χ0n) is 11.5. The molecule has 1 N–H and O–H groups in total. The molecular formula is C15H20N2O2. The number of amides is 1. The van der Waals surface area contributed by atoms with Crippen LogP contribution in [0.15, 0.2) is 18.2 Å². The second-order valence-corrected chi connectivity index (χ2v) is 5.69. The summed E-state index contributed by atoms with van der Waals surface area (Å²) in [5.41, 5.74) is 3.06. The van der Waals surface area contributed by atoms with Crippen LogP contribution in [0.25, 0.3) is 0 Å². The Morgan fingerprint density at radius 3 is 2.84 bits per heavy atom. The zero-order chi connectivity index (χ0) is 13.5. The van der Waals surface area contributed by atoms with Gasteiger partial charge >= 0.3 is 6.09 Å². The Kier molecular flexibility index (Phi) is 2.97. The number of aryl methyl sites for hydroxylation is 2. The SMILES string of the molecule is Cc1ccc(N2CC3(CCCNC3)OC2=O)cc1C. The highest BCUT2D eigenvalue weighted by Crippen LogP contribution is 2.33. The molecule has 0 saturated carbocycles. The van der Waals surface area contributed by atoms with Gasteiger partial charge in [-0.3, -0.25) is 4.90 Å². The molecular weight excluding hydrogens is 240 g/mol. The van der Waals surface area contributed by atoms with E-state index in [9.17, 15) is 4.79 Å². The predicted octanol–water partition coefficient (Wildman–Crippen LogP) is 2.38. The highest BCUT2D eigenvalue weighted by molar-refractivity contribution is 5.90. The van der Waals surface area contributed by atoms with Crippen molar-refractivity contribution in [3.05, 3.63) is 29.3 Å². The van der Waals surface area contributed by atoms with Crippen molar-refractivity contribution in [1.82, 2.24) is 5.32 Å². The van der Waals surface area contributed by atoms with Crippen molar-refractivity contribution in [3.63, 3.8) is 0 Å². The molecule has 1 spiro atoms. The van der Waals surface area contributed by atoms with Crippen LogP contribution in [0.4, 0.5) is 10.5 Å². The van der Waals surface area contributed by atoms with Gasteiger partial charge in [0.2, 0.25) is 0 Å². The molecule has 19 heavy (non-hydrogen) atoms. The lowest BCUT2D eigenvalue weighted by Gasteiger charge is -2.31. The van der Waals surface area contributed by atoms with E-state index in [4.69, 9.17) is 4.74 Å². The van der Waals surface area contributed by atoms with Crippen molar-refractivity contribution in [3.8, 4) is 0 Å². The minimum Gasteiger partial charge on any atom is -0.439 e. The number of piperidine rings is 1. The molecule has 1 amide bonds. The maximum absolute atomic E-state index is 12.1. The van der Waals surface area contributed by atoms with E-state index in [1.807, 2.05) is 6.07 Å². The van der Waals surface area contributed by atoms with Crippen LogP contribution in [0.2, 0.25) is 0 Å². The lowest BCUT2D eigenvalue weighted by Crippen LogP contribution is -2.48. The first-order valence-electron chi connectivity index (χ1n) is 6.88.